The van der Waals surface area contributed by atoms with E-state index in [4.69, 9.17) is 0 Å². The third kappa shape index (κ3) is 4.62. The lowest BCUT2D eigenvalue weighted by Gasteiger charge is -2.30. The Hall–Kier alpha value is -0.0400. The van der Waals surface area contributed by atoms with Crippen LogP contribution in [0.15, 0.2) is 0 Å². The van der Waals surface area contributed by atoms with Gasteiger partial charge in [0.1, 0.15) is 0 Å². The summed E-state index contributed by atoms with van der Waals surface area (Å²) in [5, 5.41) is 3.77. The zero-order valence-electron chi connectivity index (χ0n) is 11.9. The van der Waals surface area contributed by atoms with Gasteiger partial charge in [0, 0.05) is 12.6 Å². The number of nitrogens with one attached hydrogen (secondary N) is 1. The highest BCUT2D eigenvalue weighted by Gasteiger charge is 2.41. The molecule has 0 amide bonds. The van der Waals surface area contributed by atoms with E-state index in [1.807, 2.05) is 0 Å². The summed E-state index contributed by atoms with van der Waals surface area (Å²) in [7, 11) is 0. The largest absolute Gasteiger partial charge is 0.313 e. The second kappa shape index (κ2) is 6.22. The highest BCUT2D eigenvalue weighted by Crippen LogP contribution is 2.48. The summed E-state index contributed by atoms with van der Waals surface area (Å²) in [5.41, 5.74) is 0.620. The van der Waals surface area contributed by atoms with E-state index >= 15 is 0 Å². The second-order valence-corrected chi connectivity index (χ2v) is 6.75. The minimum atomic E-state index is 0.620. The molecule has 2 rings (SSSR count). The summed E-state index contributed by atoms with van der Waals surface area (Å²) in [4.78, 5) is 0. The van der Waals surface area contributed by atoms with E-state index in [1.54, 1.807) is 0 Å². The van der Waals surface area contributed by atoms with Crippen LogP contribution in [0.4, 0.5) is 0 Å². The van der Waals surface area contributed by atoms with Crippen LogP contribution in [-0.2, 0) is 0 Å². The normalized spacial score (nSPS) is 23.6. The molecular weight excluding hydrogens is 206 g/mol. The van der Waals surface area contributed by atoms with Crippen LogP contribution in [0.2, 0.25) is 0 Å². The lowest BCUT2D eigenvalue weighted by atomic mass is 9.79. The maximum Gasteiger partial charge on any atom is 0.00684 e. The minimum absolute atomic E-state index is 0.620. The van der Waals surface area contributed by atoms with Gasteiger partial charge >= 0.3 is 0 Å². The average molecular weight is 237 g/mol. The lowest BCUT2D eigenvalue weighted by molar-refractivity contribution is 0.227. The Balaban J connectivity index is 1.63. The van der Waals surface area contributed by atoms with E-state index in [-0.39, 0.29) is 0 Å². The molecule has 0 heterocycles. The number of hydrogen-bond donors (Lipinski definition) is 1. The van der Waals surface area contributed by atoms with Crippen molar-refractivity contribution in [3.05, 3.63) is 0 Å². The molecule has 2 aliphatic carbocycles. The molecule has 2 fully saturated rings. The van der Waals surface area contributed by atoms with Gasteiger partial charge in [-0.15, -0.1) is 0 Å². The first-order chi connectivity index (χ1) is 8.24. The fourth-order valence-electron chi connectivity index (χ4n) is 3.01. The molecule has 0 aromatic carbocycles. The minimum Gasteiger partial charge on any atom is -0.313 e. The number of rotatable bonds is 10. The molecule has 1 unspecified atom stereocenters. The number of hydrogen-bond acceptors (Lipinski definition) is 1. The van der Waals surface area contributed by atoms with Crippen molar-refractivity contribution in [3.8, 4) is 0 Å². The van der Waals surface area contributed by atoms with Gasteiger partial charge in [-0.05, 0) is 43.4 Å². The van der Waals surface area contributed by atoms with Crippen LogP contribution in [-0.4, -0.2) is 12.6 Å². The zero-order valence-corrected chi connectivity index (χ0v) is 11.9. The Morgan fingerprint density at radius 3 is 2.29 bits per heavy atom. The first kappa shape index (κ1) is 13.4. The molecule has 0 spiro atoms. The molecule has 2 saturated carbocycles. The highest BCUT2D eigenvalue weighted by atomic mass is 15.0. The van der Waals surface area contributed by atoms with Gasteiger partial charge in [0.25, 0.3) is 0 Å². The van der Waals surface area contributed by atoms with E-state index in [1.165, 1.54) is 70.8 Å². The van der Waals surface area contributed by atoms with Gasteiger partial charge in [0.05, 0.1) is 0 Å². The monoisotopic (exact) mass is 237 g/mol. The van der Waals surface area contributed by atoms with E-state index in [2.05, 4.69) is 19.2 Å². The van der Waals surface area contributed by atoms with Gasteiger partial charge in [-0.2, -0.15) is 0 Å². The molecule has 0 saturated heterocycles. The molecule has 100 valence electrons. The van der Waals surface area contributed by atoms with Crippen LogP contribution in [0.1, 0.15) is 78.1 Å². The molecule has 1 nitrogen and oxygen atoms in total. The van der Waals surface area contributed by atoms with Crippen LogP contribution in [0, 0.1) is 11.3 Å². The molecule has 2 aliphatic rings. The van der Waals surface area contributed by atoms with Crippen LogP contribution in [0.3, 0.4) is 0 Å². The third-order valence-corrected chi connectivity index (χ3v) is 4.79. The van der Waals surface area contributed by atoms with Crippen molar-refractivity contribution in [1.29, 1.82) is 0 Å². The molecule has 1 atom stereocenters. The van der Waals surface area contributed by atoms with Crippen molar-refractivity contribution in [2.75, 3.05) is 6.54 Å². The molecule has 0 radical (unpaired) electrons. The Kier molecular flexibility index (Phi) is 4.90. The molecule has 1 N–H and O–H groups in total. The Morgan fingerprint density at radius 1 is 1.00 bits per heavy atom. The van der Waals surface area contributed by atoms with E-state index in [0.29, 0.717) is 5.41 Å². The molecule has 0 aromatic heterocycles. The smallest absolute Gasteiger partial charge is 0.00684 e. The Morgan fingerprint density at radius 2 is 1.71 bits per heavy atom. The maximum atomic E-state index is 3.77. The first-order valence-electron chi connectivity index (χ1n) is 7.98. The van der Waals surface area contributed by atoms with Crippen LogP contribution >= 0.6 is 0 Å². The molecule has 0 bridgehead atoms. The Bertz CT molecular complexity index is 218. The second-order valence-electron chi connectivity index (χ2n) is 6.75. The fourth-order valence-corrected chi connectivity index (χ4v) is 3.01. The van der Waals surface area contributed by atoms with Crippen molar-refractivity contribution in [2.45, 2.75) is 84.1 Å². The lowest BCUT2D eigenvalue weighted by Crippen LogP contribution is -2.34. The van der Waals surface area contributed by atoms with Gasteiger partial charge in [-0.3, -0.25) is 0 Å². The molecule has 0 aliphatic heterocycles. The zero-order chi connectivity index (χ0) is 12.1. The summed E-state index contributed by atoms with van der Waals surface area (Å²) in [6.45, 7) is 6.13. The van der Waals surface area contributed by atoms with Gasteiger partial charge in [0.15, 0.2) is 0 Å². The van der Waals surface area contributed by atoms with Crippen LogP contribution in [0.5, 0.6) is 0 Å². The molecule has 1 heteroatoms. The van der Waals surface area contributed by atoms with Crippen molar-refractivity contribution in [3.63, 3.8) is 0 Å². The first-order valence-corrected chi connectivity index (χ1v) is 7.98. The predicted molar refractivity (Wildman–Crippen MR) is 75.2 cm³/mol. The topological polar surface area (TPSA) is 12.0 Å². The fraction of sp³-hybridized carbons (Fsp3) is 1.00. The van der Waals surface area contributed by atoms with Crippen LogP contribution in [0.25, 0.3) is 0 Å². The highest BCUT2D eigenvalue weighted by molar-refractivity contribution is 4.94. The molecular formula is C16H31N. The molecule has 0 aromatic rings. The SMILES string of the molecule is CCCCCCCC(C)(CNC1CC1)C1CC1. The Labute approximate surface area is 108 Å². The van der Waals surface area contributed by atoms with E-state index in [0.717, 1.165) is 12.0 Å². The quantitative estimate of drug-likeness (QED) is 0.551. The van der Waals surface area contributed by atoms with Crippen molar-refractivity contribution >= 4 is 0 Å². The van der Waals surface area contributed by atoms with E-state index in [9.17, 15) is 0 Å². The van der Waals surface area contributed by atoms with Crippen molar-refractivity contribution in [2.24, 2.45) is 11.3 Å². The van der Waals surface area contributed by atoms with Gasteiger partial charge in [-0.1, -0.05) is 46.0 Å². The average Bonchev–Trinajstić information content (AvgIpc) is 3.19. The summed E-state index contributed by atoms with van der Waals surface area (Å²) in [6.07, 6.45) is 14.5. The van der Waals surface area contributed by atoms with Crippen molar-refractivity contribution < 1.29 is 0 Å². The summed E-state index contributed by atoms with van der Waals surface area (Å²) in [5.74, 6) is 1.04. The summed E-state index contributed by atoms with van der Waals surface area (Å²) in [6, 6.07) is 0.883. The van der Waals surface area contributed by atoms with Gasteiger partial charge in [0.2, 0.25) is 0 Å². The summed E-state index contributed by atoms with van der Waals surface area (Å²) >= 11 is 0. The standard InChI is InChI=1S/C16H31N/c1-3-4-5-6-7-12-16(2,14-8-9-14)13-17-15-10-11-15/h14-15,17H,3-13H2,1-2H3. The third-order valence-electron chi connectivity index (χ3n) is 4.79. The van der Waals surface area contributed by atoms with Crippen LogP contribution < -0.4 is 5.32 Å². The molecule has 17 heavy (non-hydrogen) atoms. The van der Waals surface area contributed by atoms with E-state index < -0.39 is 0 Å². The maximum absolute atomic E-state index is 3.77. The summed E-state index contributed by atoms with van der Waals surface area (Å²) < 4.78 is 0. The predicted octanol–water partition coefficient (Wildman–Crippen LogP) is 4.52. The van der Waals surface area contributed by atoms with Gasteiger partial charge in [-0.25, -0.2) is 0 Å². The number of unbranched alkanes of at least 4 members (excludes halogenated alkanes) is 4. The van der Waals surface area contributed by atoms with Gasteiger partial charge < -0.3 is 5.32 Å². The van der Waals surface area contributed by atoms with Crippen molar-refractivity contribution in [1.82, 2.24) is 5.32 Å².